The summed E-state index contributed by atoms with van der Waals surface area (Å²) in [6, 6.07) is 9.28. The van der Waals surface area contributed by atoms with Gasteiger partial charge in [0.05, 0.1) is 25.4 Å². The second-order valence-corrected chi connectivity index (χ2v) is 4.50. The van der Waals surface area contributed by atoms with Gasteiger partial charge >= 0.3 is 0 Å². The molecule has 2 heterocycles. The Balaban J connectivity index is 1.98. The topological polar surface area (TPSA) is 60.2 Å². The molecule has 20 heavy (non-hydrogen) atoms. The molecule has 2 aromatic heterocycles. The lowest BCUT2D eigenvalue weighted by Crippen LogP contribution is -2.02. The molecule has 102 valence electrons. The molecule has 0 aliphatic heterocycles. The maximum absolute atomic E-state index is 5.94. The molecule has 0 saturated carbocycles. The first-order valence-electron chi connectivity index (χ1n) is 6.04. The van der Waals surface area contributed by atoms with Gasteiger partial charge in [-0.3, -0.25) is 0 Å². The summed E-state index contributed by atoms with van der Waals surface area (Å²) in [5, 5.41) is 4.24. The number of fused-ring (bicyclic) bond motifs is 1. The lowest BCUT2D eigenvalue weighted by atomic mass is 10.2. The molecule has 0 bridgehead atoms. The summed E-state index contributed by atoms with van der Waals surface area (Å²) in [5.74, 6) is 2.20. The number of rotatable bonds is 4. The minimum absolute atomic E-state index is 0.199. The van der Waals surface area contributed by atoms with Gasteiger partial charge in [0, 0.05) is 5.39 Å². The Bertz CT molecular complexity index is 729. The number of hydrogen-bond acceptors (Lipinski definition) is 5. The van der Waals surface area contributed by atoms with Crippen molar-refractivity contribution in [2.45, 2.75) is 6.54 Å². The average molecular weight is 290 g/mol. The molecule has 3 rings (SSSR count). The summed E-state index contributed by atoms with van der Waals surface area (Å²) in [4.78, 5) is 8.41. The lowest BCUT2D eigenvalue weighted by Gasteiger charge is -2.09. The van der Waals surface area contributed by atoms with Crippen LogP contribution in [0.1, 0.15) is 5.76 Å². The van der Waals surface area contributed by atoms with E-state index in [0.29, 0.717) is 12.4 Å². The van der Waals surface area contributed by atoms with Crippen molar-refractivity contribution in [1.29, 1.82) is 0 Å². The highest BCUT2D eigenvalue weighted by Crippen LogP contribution is 2.26. The fourth-order valence-corrected chi connectivity index (χ4v) is 2.10. The monoisotopic (exact) mass is 289 g/mol. The van der Waals surface area contributed by atoms with Crippen LogP contribution in [0.2, 0.25) is 5.28 Å². The molecule has 0 aliphatic rings. The number of anilines is 1. The zero-order chi connectivity index (χ0) is 13.9. The Hall–Kier alpha value is -2.27. The maximum Gasteiger partial charge on any atom is 0.224 e. The molecule has 1 N–H and O–H groups in total. The SMILES string of the molecule is COc1ccc2nc(Cl)nc(NCc3ccco3)c2c1. The van der Waals surface area contributed by atoms with E-state index >= 15 is 0 Å². The van der Waals surface area contributed by atoms with E-state index < -0.39 is 0 Å². The van der Waals surface area contributed by atoms with Crippen molar-refractivity contribution in [2.75, 3.05) is 12.4 Å². The Kier molecular flexibility index (Phi) is 3.43. The van der Waals surface area contributed by atoms with Crippen LogP contribution in [-0.4, -0.2) is 17.1 Å². The van der Waals surface area contributed by atoms with Crippen LogP contribution in [0.25, 0.3) is 10.9 Å². The summed E-state index contributed by atoms with van der Waals surface area (Å²) in [7, 11) is 1.62. The first-order chi connectivity index (χ1) is 9.76. The molecule has 0 atom stereocenters. The van der Waals surface area contributed by atoms with Gasteiger partial charge in [-0.15, -0.1) is 0 Å². The van der Waals surface area contributed by atoms with Crippen LogP contribution < -0.4 is 10.1 Å². The summed E-state index contributed by atoms with van der Waals surface area (Å²) in [5.41, 5.74) is 0.757. The van der Waals surface area contributed by atoms with Gasteiger partial charge in [-0.25, -0.2) is 9.97 Å². The average Bonchev–Trinajstić information content (AvgIpc) is 2.97. The quantitative estimate of drug-likeness (QED) is 0.745. The minimum Gasteiger partial charge on any atom is -0.497 e. The molecule has 5 nitrogen and oxygen atoms in total. The molecule has 0 unspecified atom stereocenters. The van der Waals surface area contributed by atoms with Gasteiger partial charge < -0.3 is 14.5 Å². The third kappa shape index (κ3) is 2.53. The van der Waals surface area contributed by atoms with E-state index in [1.165, 1.54) is 0 Å². The molecular formula is C14H12ClN3O2. The number of aromatic nitrogens is 2. The van der Waals surface area contributed by atoms with Crippen molar-refractivity contribution >= 4 is 28.3 Å². The first kappa shape index (κ1) is 12.7. The van der Waals surface area contributed by atoms with E-state index in [1.807, 2.05) is 30.3 Å². The second kappa shape index (κ2) is 5.38. The zero-order valence-electron chi connectivity index (χ0n) is 10.8. The molecule has 0 fully saturated rings. The number of halogens is 1. The molecular weight excluding hydrogens is 278 g/mol. The van der Waals surface area contributed by atoms with Crippen LogP contribution in [0.5, 0.6) is 5.75 Å². The van der Waals surface area contributed by atoms with Crippen molar-refractivity contribution in [2.24, 2.45) is 0 Å². The highest BCUT2D eigenvalue weighted by atomic mass is 35.5. The number of ether oxygens (including phenoxy) is 1. The third-order valence-electron chi connectivity index (χ3n) is 2.89. The Morgan fingerprint density at radius 3 is 2.95 bits per heavy atom. The molecule has 6 heteroatoms. The van der Waals surface area contributed by atoms with Crippen LogP contribution in [-0.2, 0) is 6.54 Å². The zero-order valence-corrected chi connectivity index (χ0v) is 11.5. The van der Waals surface area contributed by atoms with E-state index in [2.05, 4.69) is 15.3 Å². The summed E-state index contributed by atoms with van der Waals surface area (Å²) in [6.07, 6.45) is 1.63. The first-order valence-corrected chi connectivity index (χ1v) is 6.41. The van der Waals surface area contributed by atoms with Crippen LogP contribution in [0.4, 0.5) is 5.82 Å². The van der Waals surface area contributed by atoms with E-state index in [1.54, 1.807) is 13.4 Å². The van der Waals surface area contributed by atoms with Gasteiger partial charge in [0.25, 0.3) is 0 Å². The lowest BCUT2D eigenvalue weighted by molar-refractivity contribution is 0.415. The maximum atomic E-state index is 5.94. The molecule has 0 aliphatic carbocycles. The van der Waals surface area contributed by atoms with E-state index in [-0.39, 0.29) is 5.28 Å². The van der Waals surface area contributed by atoms with Gasteiger partial charge in [0.15, 0.2) is 0 Å². The van der Waals surface area contributed by atoms with E-state index in [4.69, 9.17) is 20.8 Å². The highest BCUT2D eigenvalue weighted by Gasteiger charge is 2.08. The number of nitrogens with zero attached hydrogens (tertiary/aromatic N) is 2. The van der Waals surface area contributed by atoms with Crippen molar-refractivity contribution in [1.82, 2.24) is 9.97 Å². The van der Waals surface area contributed by atoms with Gasteiger partial charge in [0.1, 0.15) is 17.3 Å². The van der Waals surface area contributed by atoms with E-state index in [9.17, 15) is 0 Å². The van der Waals surface area contributed by atoms with E-state index in [0.717, 1.165) is 22.4 Å². The minimum atomic E-state index is 0.199. The standard InChI is InChI=1S/C14H12ClN3O2/c1-19-9-4-5-12-11(7-9)13(18-14(15)17-12)16-8-10-3-2-6-20-10/h2-7H,8H2,1H3,(H,16,17,18). The summed E-state index contributed by atoms with van der Waals surface area (Å²) < 4.78 is 10.5. The van der Waals surface area contributed by atoms with Crippen molar-refractivity contribution in [3.63, 3.8) is 0 Å². The Labute approximate surface area is 120 Å². The van der Waals surface area contributed by atoms with Gasteiger partial charge in [-0.1, -0.05) is 0 Å². The molecule has 0 radical (unpaired) electrons. The summed E-state index contributed by atoms with van der Waals surface area (Å²) >= 11 is 5.94. The third-order valence-corrected chi connectivity index (χ3v) is 3.05. The molecule has 3 aromatic rings. The number of nitrogens with one attached hydrogen (secondary N) is 1. The normalized spacial score (nSPS) is 10.7. The Morgan fingerprint density at radius 2 is 2.20 bits per heavy atom. The summed E-state index contributed by atoms with van der Waals surface area (Å²) in [6.45, 7) is 0.520. The van der Waals surface area contributed by atoms with Gasteiger partial charge in [-0.2, -0.15) is 0 Å². The predicted octanol–water partition coefficient (Wildman–Crippen LogP) is 3.50. The molecule has 0 spiro atoms. The van der Waals surface area contributed by atoms with Crippen LogP contribution in [0, 0.1) is 0 Å². The smallest absolute Gasteiger partial charge is 0.224 e. The predicted molar refractivity (Wildman–Crippen MR) is 77.1 cm³/mol. The largest absolute Gasteiger partial charge is 0.497 e. The van der Waals surface area contributed by atoms with Crippen LogP contribution >= 0.6 is 11.6 Å². The fraction of sp³-hybridized carbons (Fsp3) is 0.143. The van der Waals surface area contributed by atoms with Crippen LogP contribution in [0.3, 0.4) is 0 Å². The Morgan fingerprint density at radius 1 is 1.30 bits per heavy atom. The van der Waals surface area contributed by atoms with Crippen LogP contribution in [0.15, 0.2) is 41.0 Å². The van der Waals surface area contributed by atoms with Gasteiger partial charge in [0.2, 0.25) is 5.28 Å². The van der Waals surface area contributed by atoms with Crippen molar-refractivity contribution in [3.05, 3.63) is 47.6 Å². The second-order valence-electron chi connectivity index (χ2n) is 4.16. The number of benzene rings is 1. The van der Waals surface area contributed by atoms with Gasteiger partial charge in [-0.05, 0) is 41.9 Å². The van der Waals surface area contributed by atoms with Crippen molar-refractivity contribution < 1.29 is 9.15 Å². The number of methoxy groups -OCH3 is 1. The number of furan rings is 1. The number of hydrogen-bond donors (Lipinski definition) is 1. The highest BCUT2D eigenvalue weighted by molar-refractivity contribution is 6.28. The molecule has 0 saturated heterocycles. The fourth-order valence-electron chi connectivity index (χ4n) is 1.92. The van der Waals surface area contributed by atoms with Crippen molar-refractivity contribution in [3.8, 4) is 5.75 Å². The molecule has 1 aromatic carbocycles. The molecule has 0 amide bonds.